The van der Waals surface area contributed by atoms with Gasteiger partial charge in [0.1, 0.15) is 5.75 Å². The average molecular weight is 203 g/mol. The van der Waals surface area contributed by atoms with Crippen molar-refractivity contribution in [3.63, 3.8) is 0 Å². The van der Waals surface area contributed by atoms with Gasteiger partial charge in [0.25, 0.3) is 0 Å². The Morgan fingerprint density at radius 1 is 1.33 bits per heavy atom. The van der Waals surface area contributed by atoms with E-state index >= 15 is 0 Å². The van der Waals surface area contributed by atoms with Crippen LogP contribution in [0, 0.1) is 11.3 Å². The van der Waals surface area contributed by atoms with Gasteiger partial charge in [0.2, 0.25) is 0 Å². The van der Waals surface area contributed by atoms with Crippen molar-refractivity contribution in [2.45, 2.75) is 39.0 Å². The third kappa shape index (κ3) is 3.63. The van der Waals surface area contributed by atoms with Crippen LogP contribution in [0.2, 0.25) is 0 Å². The molecule has 0 saturated carbocycles. The van der Waals surface area contributed by atoms with E-state index in [0.29, 0.717) is 12.2 Å². The topological polar surface area (TPSA) is 44.0 Å². The zero-order chi connectivity index (χ0) is 11.1. The fraction of sp³-hybridized carbons (Fsp3) is 0.462. The molecular formula is C13H17NO. The van der Waals surface area contributed by atoms with E-state index in [1.54, 1.807) is 6.07 Å². The van der Waals surface area contributed by atoms with E-state index in [9.17, 15) is 5.11 Å². The molecule has 0 spiro atoms. The van der Waals surface area contributed by atoms with E-state index in [1.165, 1.54) is 0 Å². The SMILES string of the molecule is CCCCc1cc(CCC#N)ccc1O. The lowest BCUT2D eigenvalue weighted by molar-refractivity contribution is 0.466. The molecule has 15 heavy (non-hydrogen) atoms. The lowest BCUT2D eigenvalue weighted by Crippen LogP contribution is -1.90. The Hall–Kier alpha value is -1.49. The zero-order valence-electron chi connectivity index (χ0n) is 9.16. The maximum absolute atomic E-state index is 9.62. The quantitative estimate of drug-likeness (QED) is 0.798. The Balaban J connectivity index is 2.72. The van der Waals surface area contributed by atoms with Gasteiger partial charge in [-0.2, -0.15) is 5.26 Å². The molecule has 1 N–H and O–H groups in total. The second-order valence-corrected chi connectivity index (χ2v) is 3.72. The highest BCUT2D eigenvalue weighted by molar-refractivity contribution is 5.36. The van der Waals surface area contributed by atoms with Gasteiger partial charge in [0.05, 0.1) is 6.07 Å². The number of nitrogens with zero attached hydrogens (tertiary/aromatic N) is 1. The minimum Gasteiger partial charge on any atom is -0.508 e. The second kappa shape index (κ2) is 6.08. The maximum Gasteiger partial charge on any atom is 0.118 e. The number of benzene rings is 1. The van der Waals surface area contributed by atoms with Crippen molar-refractivity contribution < 1.29 is 5.11 Å². The van der Waals surface area contributed by atoms with Crippen LogP contribution < -0.4 is 0 Å². The normalized spacial score (nSPS) is 9.87. The maximum atomic E-state index is 9.62. The van der Waals surface area contributed by atoms with Crippen molar-refractivity contribution in [1.29, 1.82) is 5.26 Å². The number of phenols is 1. The van der Waals surface area contributed by atoms with Gasteiger partial charge in [-0.25, -0.2) is 0 Å². The molecule has 1 aromatic rings. The number of hydrogen-bond acceptors (Lipinski definition) is 2. The molecule has 1 aromatic carbocycles. The molecule has 0 unspecified atom stereocenters. The smallest absolute Gasteiger partial charge is 0.118 e. The number of aromatic hydroxyl groups is 1. The van der Waals surface area contributed by atoms with Crippen molar-refractivity contribution >= 4 is 0 Å². The molecule has 1 rings (SSSR count). The minimum absolute atomic E-state index is 0.379. The van der Waals surface area contributed by atoms with Gasteiger partial charge >= 0.3 is 0 Å². The number of unbranched alkanes of at least 4 members (excludes halogenated alkanes) is 1. The van der Waals surface area contributed by atoms with Gasteiger partial charge in [-0.3, -0.25) is 0 Å². The fourth-order valence-corrected chi connectivity index (χ4v) is 1.56. The lowest BCUT2D eigenvalue weighted by atomic mass is 10.0. The Morgan fingerprint density at radius 2 is 2.13 bits per heavy atom. The first-order valence-electron chi connectivity index (χ1n) is 5.45. The summed E-state index contributed by atoms with van der Waals surface area (Å²) in [5, 5.41) is 18.1. The van der Waals surface area contributed by atoms with E-state index in [2.05, 4.69) is 13.0 Å². The van der Waals surface area contributed by atoms with Crippen molar-refractivity contribution in [1.82, 2.24) is 0 Å². The number of rotatable bonds is 5. The standard InChI is InChI=1S/C13H17NO/c1-2-3-6-12-10-11(5-4-9-14)7-8-13(12)15/h7-8,10,15H,2-6H2,1H3. The molecule has 0 aliphatic heterocycles. The molecule has 0 aliphatic rings. The molecule has 2 heteroatoms. The van der Waals surface area contributed by atoms with Crippen LogP contribution in [0.25, 0.3) is 0 Å². The summed E-state index contributed by atoms with van der Waals surface area (Å²) in [6.45, 7) is 2.14. The van der Waals surface area contributed by atoms with Crippen LogP contribution in [0.15, 0.2) is 18.2 Å². The summed E-state index contributed by atoms with van der Waals surface area (Å²) in [4.78, 5) is 0. The van der Waals surface area contributed by atoms with Crippen molar-refractivity contribution in [3.05, 3.63) is 29.3 Å². The van der Waals surface area contributed by atoms with Gasteiger partial charge in [0.15, 0.2) is 0 Å². The molecule has 0 atom stereocenters. The molecule has 0 bridgehead atoms. The highest BCUT2D eigenvalue weighted by Crippen LogP contribution is 2.21. The third-order valence-corrected chi connectivity index (χ3v) is 2.47. The predicted octanol–water partition coefficient (Wildman–Crippen LogP) is 3.19. The van der Waals surface area contributed by atoms with Crippen molar-refractivity contribution in [2.75, 3.05) is 0 Å². The van der Waals surface area contributed by atoms with Crippen LogP contribution in [0.1, 0.15) is 37.3 Å². The highest BCUT2D eigenvalue weighted by atomic mass is 16.3. The molecule has 0 saturated heterocycles. The van der Waals surface area contributed by atoms with Crippen molar-refractivity contribution in [3.8, 4) is 11.8 Å². The van der Waals surface area contributed by atoms with Crippen LogP contribution in [0.5, 0.6) is 5.75 Å². The second-order valence-electron chi connectivity index (χ2n) is 3.72. The fourth-order valence-electron chi connectivity index (χ4n) is 1.56. The minimum atomic E-state index is 0.379. The van der Waals surface area contributed by atoms with Crippen LogP contribution >= 0.6 is 0 Å². The van der Waals surface area contributed by atoms with Crippen molar-refractivity contribution in [2.24, 2.45) is 0 Å². The zero-order valence-corrected chi connectivity index (χ0v) is 9.16. The van der Waals surface area contributed by atoms with Crippen LogP contribution in [-0.4, -0.2) is 5.11 Å². The first-order chi connectivity index (χ1) is 7.27. The van der Waals surface area contributed by atoms with E-state index < -0.39 is 0 Å². The predicted molar refractivity (Wildman–Crippen MR) is 60.7 cm³/mol. The van der Waals surface area contributed by atoms with E-state index in [1.807, 2.05) is 12.1 Å². The van der Waals surface area contributed by atoms with E-state index in [-0.39, 0.29) is 0 Å². The lowest BCUT2D eigenvalue weighted by Gasteiger charge is -2.06. The number of hydrogen-bond donors (Lipinski definition) is 1. The number of aryl methyl sites for hydroxylation is 2. The summed E-state index contributed by atoms with van der Waals surface area (Å²) in [6, 6.07) is 7.77. The summed E-state index contributed by atoms with van der Waals surface area (Å²) in [6.07, 6.45) is 4.45. The van der Waals surface area contributed by atoms with Crippen LogP contribution in [0.4, 0.5) is 0 Å². The molecule has 80 valence electrons. The van der Waals surface area contributed by atoms with Gasteiger partial charge < -0.3 is 5.11 Å². The third-order valence-electron chi connectivity index (χ3n) is 2.47. The van der Waals surface area contributed by atoms with Gasteiger partial charge in [0, 0.05) is 6.42 Å². The van der Waals surface area contributed by atoms with E-state index in [4.69, 9.17) is 5.26 Å². The monoisotopic (exact) mass is 203 g/mol. The average Bonchev–Trinajstić information content (AvgIpc) is 2.26. The van der Waals surface area contributed by atoms with Crippen LogP contribution in [0.3, 0.4) is 0 Å². The molecule has 0 heterocycles. The molecule has 0 radical (unpaired) electrons. The Bertz CT molecular complexity index is 352. The van der Waals surface area contributed by atoms with Gasteiger partial charge in [-0.05, 0) is 36.5 Å². The van der Waals surface area contributed by atoms with Crippen LogP contribution in [-0.2, 0) is 12.8 Å². The van der Waals surface area contributed by atoms with Gasteiger partial charge in [-0.1, -0.05) is 25.5 Å². The molecule has 0 aliphatic carbocycles. The van der Waals surface area contributed by atoms with Gasteiger partial charge in [-0.15, -0.1) is 0 Å². The molecule has 0 fully saturated rings. The summed E-state index contributed by atoms with van der Waals surface area (Å²) in [5.74, 6) is 0.379. The van der Waals surface area contributed by atoms with E-state index in [0.717, 1.165) is 36.8 Å². The highest BCUT2D eigenvalue weighted by Gasteiger charge is 2.02. The first-order valence-corrected chi connectivity index (χ1v) is 5.45. The summed E-state index contributed by atoms with van der Waals surface area (Å²) < 4.78 is 0. The molecule has 0 amide bonds. The largest absolute Gasteiger partial charge is 0.508 e. The first kappa shape index (κ1) is 11.6. The number of nitriles is 1. The summed E-state index contributed by atoms with van der Waals surface area (Å²) in [5.41, 5.74) is 2.15. The molecular weight excluding hydrogens is 186 g/mol. The Kier molecular flexibility index (Phi) is 4.70. The summed E-state index contributed by atoms with van der Waals surface area (Å²) >= 11 is 0. The Morgan fingerprint density at radius 3 is 2.80 bits per heavy atom. The Labute approximate surface area is 91.2 Å². The summed E-state index contributed by atoms with van der Waals surface area (Å²) in [7, 11) is 0. The molecule has 0 aromatic heterocycles. The number of phenolic OH excluding ortho intramolecular Hbond substituents is 1. The molecule has 2 nitrogen and oxygen atoms in total.